The van der Waals surface area contributed by atoms with Crippen LogP contribution in [0.4, 0.5) is 4.39 Å². The quantitative estimate of drug-likeness (QED) is 0.853. The van der Waals surface area contributed by atoms with Gasteiger partial charge in [0, 0.05) is 19.6 Å². The molecule has 0 aromatic heterocycles. The average Bonchev–Trinajstić information content (AvgIpc) is 2.96. The number of carbonyl (C=O) groups is 2. The fraction of sp³-hybridized carbons (Fsp3) is 0.579. The zero-order chi connectivity index (χ0) is 17.3. The molecule has 2 aliphatic rings. The number of hydrogen-bond donors (Lipinski definition) is 0. The minimum absolute atomic E-state index is 0.0500. The average molecular weight is 332 g/mol. The van der Waals surface area contributed by atoms with Crippen molar-refractivity contribution in [2.45, 2.75) is 51.5 Å². The van der Waals surface area contributed by atoms with Gasteiger partial charge < -0.3 is 9.80 Å². The minimum atomic E-state index is -0.762. The second-order valence-electron chi connectivity index (χ2n) is 6.97. The van der Waals surface area contributed by atoms with E-state index in [9.17, 15) is 14.0 Å². The molecule has 2 aliphatic heterocycles. The maximum Gasteiger partial charge on any atom is 0.257 e. The fourth-order valence-electron chi connectivity index (χ4n) is 4.14. The molecule has 0 aliphatic carbocycles. The molecule has 0 saturated carbocycles. The SMILES string of the molecule is CCCN1CCCC2(CCCN2C(=O)c2ccc(C)cc2F)C1=O. The van der Waals surface area contributed by atoms with E-state index in [2.05, 4.69) is 0 Å². The van der Waals surface area contributed by atoms with E-state index in [-0.39, 0.29) is 17.4 Å². The van der Waals surface area contributed by atoms with E-state index in [1.54, 1.807) is 17.9 Å². The van der Waals surface area contributed by atoms with Crippen molar-refractivity contribution in [2.75, 3.05) is 19.6 Å². The highest BCUT2D eigenvalue weighted by Crippen LogP contribution is 2.39. The molecule has 0 N–H and O–H groups in total. The van der Waals surface area contributed by atoms with Crippen LogP contribution in [0.2, 0.25) is 0 Å². The number of piperidine rings is 1. The maximum absolute atomic E-state index is 14.3. The molecule has 0 radical (unpaired) electrons. The summed E-state index contributed by atoms with van der Waals surface area (Å²) in [5.74, 6) is -0.804. The molecule has 1 spiro atoms. The summed E-state index contributed by atoms with van der Waals surface area (Å²) < 4.78 is 14.3. The lowest BCUT2D eigenvalue weighted by atomic mass is 9.85. The van der Waals surface area contributed by atoms with Gasteiger partial charge in [0.1, 0.15) is 11.4 Å². The number of carbonyl (C=O) groups excluding carboxylic acids is 2. The molecule has 3 rings (SSSR count). The third-order valence-corrected chi connectivity index (χ3v) is 5.29. The molecule has 2 heterocycles. The van der Waals surface area contributed by atoms with E-state index in [0.29, 0.717) is 19.4 Å². The van der Waals surface area contributed by atoms with Gasteiger partial charge in [0.05, 0.1) is 5.56 Å². The highest BCUT2D eigenvalue weighted by Gasteiger charge is 2.52. The first-order valence-electron chi connectivity index (χ1n) is 8.87. The van der Waals surface area contributed by atoms with Crippen LogP contribution in [0.3, 0.4) is 0 Å². The van der Waals surface area contributed by atoms with Crippen LogP contribution in [0.5, 0.6) is 0 Å². The number of likely N-dealkylation sites (tertiary alicyclic amines) is 2. The molecule has 2 fully saturated rings. The minimum Gasteiger partial charge on any atom is -0.341 e. The number of hydrogen-bond acceptors (Lipinski definition) is 2. The van der Waals surface area contributed by atoms with Crippen molar-refractivity contribution >= 4 is 11.8 Å². The normalized spacial score (nSPS) is 24.0. The van der Waals surface area contributed by atoms with E-state index in [4.69, 9.17) is 0 Å². The molecule has 1 unspecified atom stereocenters. The number of amides is 2. The molecule has 130 valence electrons. The molecule has 24 heavy (non-hydrogen) atoms. The van der Waals surface area contributed by atoms with E-state index < -0.39 is 11.4 Å². The van der Waals surface area contributed by atoms with E-state index in [1.807, 2.05) is 11.8 Å². The zero-order valence-corrected chi connectivity index (χ0v) is 14.5. The summed E-state index contributed by atoms with van der Waals surface area (Å²) in [6.45, 7) is 5.85. The third kappa shape index (κ3) is 2.70. The summed E-state index contributed by atoms with van der Waals surface area (Å²) in [6.07, 6.45) is 3.97. The summed E-state index contributed by atoms with van der Waals surface area (Å²) >= 11 is 0. The Balaban J connectivity index is 1.92. The smallest absolute Gasteiger partial charge is 0.257 e. The first kappa shape index (κ1) is 16.9. The van der Waals surface area contributed by atoms with Gasteiger partial charge in [-0.1, -0.05) is 13.0 Å². The number of halogens is 1. The Morgan fingerprint density at radius 1 is 1.25 bits per heavy atom. The van der Waals surface area contributed by atoms with Gasteiger partial charge in [0.25, 0.3) is 5.91 Å². The Bertz CT molecular complexity index is 659. The lowest BCUT2D eigenvalue weighted by Gasteiger charge is -2.44. The van der Waals surface area contributed by atoms with Crippen molar-refractivity contribution in [3.05, 3.63) is 35.1 Å². The first-order chi connectivity index (χ1) is 11.5. The molecule has 1 aromatic rings. The standard InChI is InChI=1S/C19H25FN2O2/c1-3-10-21-11-4-8-19(18(21)24)9-5-12-22(19)17(23)15-7-6-14(2)13-16(15)20/h6-7,13H,3-5,8-12H2,1-2H3. The van der Waals surface area contributed by atoms with Gasteiger partial charge in [-0.15, -0.1) is 0 Å². The molecule has 2 amide bonds. The molecule has 1 aromatic carbocycles. The predicted octanol–water partition coefficient (Wildman–Crippen LogP) is 3.14. The Morgan fingerprint density at radius 2 is 1.96 bits per heavy atom. The third-order valence-electron chi connectivity index (χ3n) is 5.29. The molecular formula is C19H25FN2O2. The molecule has 2 saturated heterocycles. The zero-order valence-electron chi connectivity index (χ0n) is 14.5. The Labute approximate surface area is 142 Å². The van der Waals surface area contributed by atoms with Crippen LogP contribution in [-0.2, 0) is 4.79 Å². The number of aryl methyl sites for hydroxylation is 1. The van der Waals surface area contributed by atoms with E-state index >= 15 is 0 Å². The Morgan fingerprint density at radius 3 is 2.62 bits per heavy atom. The first-order valence-corrected chi connectivity index (χ1v) is 8.87. The summed E-state index contributed by atoms with van der Waals surface area (Å²) in [5.41, 5.74) is 0.0901. The van der Waals surface area contributed by atoms with Crippen molar-refractivity contribution in [3.8, 4) is 0 Å². The predicted molar refractivity (Wildman–Crippen MR) is 90.2 cm³/mol. The van der Waals surface area contributed by atoms with Crippen LogP contribution < -0.4 is 0 Å². The second kappa shape index (κ2) is 6.54. The molecule has 1 atom stereocenters. The van der Waals surface area contributed by atoms with Gasteiger partial charge in [0.2, 0.25) is 5.91 Å². The summed E-state index contributed by atoms with van der Waals surface area (Å²) in [5, 5.41) is 0. The lowest BCUT2D eigenvalue weighted by Crippen LogP contribution is -2.61. The topological polar surface area (TPSA) is 40.6 Å². The van der Waals surface area contributed by atoms with Crippen molar-refractivity contribution in [2.24, 2.45) is 0 Å². The number of benzene rings is 1. The fourth-order valence-corrected chi connectivity index (χ4v) is 4.14. The van der Waals surface area contributed by atoms with Crippen LogP contribution in [0.25, 0.3) is 0 Å². The van der Waals surface area contributed by atoms with Gasteiger partial charge in [-0.2, -0.15) is 0 Å². The van der Waals surface area contributed by atoms with Gasteiger partial charge >= 0.3 is 0 Å². The van der Waals surface area contributed by atoms with Crippen molar-refractivity contribution in [1.82, 2.24) is 9.80 Å². The summed E-state index contributed by atoms with van der Waals surface area (Å²) in [6, 6.07) is 4.66. The Hall–Kier alpha value is -1.91. The van der Waals surface area contributed by atoms with Crippen LogP contribution in [0, 0.1) is 12.7 Å². The van der Waals surface area contributed by atoms with E-state index in [0.717, 1.165) is 37.9 Å². The van der Waals surface area contributed by atoms with Crippen LogP contribution in [-0.4, -0.2) is 46.8 Å². The molecule has 4 nitrogen and oxygen atoms in total. The molecule has 5 heteroatoms. The van der Waals surface area contributed by atoms with E-state index in [1.165, 1.54) is 12.1 Å². The molecule has 0 bridgehead atoms. The van der Waals surface area contributed by atoms with Crippen LogP contribution >= 0.6 is 0 Å². The second-order valence-corrected chi connectivity index (χ2v) is 6.97. The van der Waals surface area contributed by atoms with Gasteiger partial charge in [-0.3, -0.25) is 9.59 Å². The number of nitrogens with zero attached hydrogens (tertiary/aromatic N) is 2. The Kier molecular flexibility index (Phi) is 4.61. The lowest BCUT2D eigenvalue weighted by molar-refractivity contribution is -0.145. The van der Waals surface area contributed by atoms with Gasteiger partial charge in [-0.05, 0) is 56.7 Å². The maximum atomic E-state index is 14.3. The summed E-state index contributed by atoms with van der Waals surface area (Å²) in [4.78, 5) is 29.6. The highest BCUT2D eigenvalue weighted by atomic mass is 19.1. The van der Waals surface area contributed by atoms with Crippen molar-refractivity contribution in [3.63, 3.8) is 0 Å². The summed E-state index contributed by atoms with van der Waals surface area (Å²) in [7, 11) is 0. The van der Waals surface area contributed by atoms with Crippen LogP contribution in [0.1, 0.15) is 54.9 Å². The highest BCUT2D eigenvalue weighted by molar-refractivity contribution is 6.00. The number of rotatable bonds is 3. The monoisotopic (exact) mass is 332 g/mol. The van der Waals surface area contributed by atoms with Gasteiger partial charge in [-0.25, -0.2) is 4.39 Å². The van der Waals surface area contributed by atoms with Crippen molar-refractivity contribution < 1.29 is 14.0 Å². The van der Waals surface area contributed by atoms with Crippen LogP contribution in [0.15, 0.2) is 18.2 Å². The van der Waals surface area contributed by atoms with Gasteiger partial charge in [0.15, 0.2) is 0 Å². The molecular weight excluding hydrogens is 307 g/mol. The van der Waals surface area contributed by atoms with Crippen molar-refractivity contribution in [1.29, 1.82) is 0 Å². The largest absolute Gasteiger partial charge is 0.341 e.